The highest BCUT2D eigenvalue weighted by Gasteiger charge is 2.31. The number of hydrogen-bond donors (Lipinski definition) is 1. The van der Waals surface area contributed by atoms with Crippen molar-refractivity contribution in [3.63, 3.8) is 0 Å². The lowest BCUT2D eigenvalue weighted by atomic mass is 10.3. The lowest BCUT2D eigenvalue weighted by Gasteiger charge is -2.10. The van der Waals surface area contributed by atoms with Gasteiger partial charge < -0.3 is 10.1 Å². The molecule has 0 amide bonds. The molecule has 0 saturated heterocycles. The maximum atomic E-state index is 12.4. The second-order valence-electron chi connectivity index (χ2n) is 4.80. The molecule has 0 spiro atoms. The second kappa shape index (κ2) is 7.68. The Labute approximate surface area is 152 Å². The Balaban J connectivity index is 2.26. The molecular formula is C16H10ClF3N2O3S. The van der Waals surface area contributed by atoms with Crippen molar-refractivity contribution in [3.05, 3.63) is 64.7 Å². The number of nitrogens with zero attached hydrogens (tertiary/aromatic N) is 1. The Morgan fingerprint density at radius 2 is 1.85 bits per heavy atom. The van der Waals surface area contributed by atoms with E-state index >= 15 is 0 Å². The Morgan fingerprint density at radius 3 is 2.42 bits per heavy atom. The molecule has 0 bridgehead atoms. The van der Waals surface area contributed by atoms with Crippen molar-refractivity contribution in [1.29, 1.82) is 5.26 Å². The number of sulfone groups is 1. The molecule has 0 atom stereocenters. The van der Waals surface area contributed by atoms with E-state index < -0.39 is 26.9 Å². The molecule has 0 aliphatic rings. The highest BCUT2D eigenvalue weighted by molar-refractivity contribution is 7.95. The van der Waals surface area contributed by atoms with Crippen molar-refractivity contribution >= 4 is 27.1 Å². The number of nitriles is 1. The van der Waals surface area contributed by atoms with Gasteiger partial charge in [0, 0.05) is 23.0 Å². The van der Waals surface area contributed by atoms with Gasteiger partial charge in [-0.3, -0.25) is 0 Å². The van der Waals surface area contributed by atoms with Crippen molar-refractivity contribution in [3.8, 4) is 11.8 Å². The minimum Gasteiger partial charge on any atom is -0.406 e. The minimum absolute atomic E-state index is 0.103. The van der Waals surface area contributed by atoms with E-state index in [0.717, 1.165) is 18.3 Å². The molecule has 0 aliphatic carbocycles. The number of anilines is 1. The van der Waals surface area contributed by atoms with Gasteiger partial charge in [-0.1, -0.05) is 17.7 Å². The topological polar surface area (TPSA) is 79.2 Å². The SMILES string of the molecule is N#C/C(=C/Nc1cccc(OC(F)(F)F)c1)S(=O)(=O)c1ccc(Cl)cc1. The molecule has 1 N–H and O–H groups in total. The Morgan fingerprint density at radius 1 is 1.19 bits per heavy atom. The third-order valence-corrected chi connectivity index (χ3v) is 4.89. The molecule has 0 saturated carbocycles. The Kier molecular flexibility index (Phi) is 5.79. The number of rotatable bonds is 5. The molecule has 0 aliphatic heterocycles. The molecule has 5 nitrogen and oxygen atoms in total. The quantitative estimate of drug-likeness (QED) is 0.745. The van der Waals surface area contributed by atoms with Crippen molar-refractivity contribution in [2.24, 2.45) is 0 Å². The average molecular weight is 403 g/mol. The zero-order valence-electron chi connectivity index (χ0n) is 12.8. The number of alkyl halides is 3. The number of allylic oxidation sites excluding steroid dienone is 1. The molecule has 2 rings (SSSR count). The van der Waals surface area contributed by atoms with E-state index in [2.05, 4.69) is 10.1 Å². The van der Waals surface area contributed by atoms with Gasteiger partial charge in [-0.05, 0) is 36.4 Å². The van der Waals surface area contributed by atoms with E-state index in [9.17, 15) is 21.6 Å². The fourth-order valence-electron chi connectivity index (χ4n) is 1.84. The fraction of sp³-hybridized carbons (Fsp3) is 0.0625. The van der Waals surface area contributed by atoms with Gasteiger partial charge in [0.15, 0.2) is 4.91 Å². The van der Waals surface area contributed by atoms with Gasteiger partial charge in [0.1, 0.15) is 11.8 Å². The molecule has 0 unspecified atom stereocenters. The highest BCUT2D eigenvalue weighted by atomic mass is 35.5. The average Bonchev–Trinajstić information content (AvgIpc) is 2.54. The Hall–Kier alpha value is -2.70. The smallest absolute Gasteiger partial charge is 0.406 e. The summed E-state index contributed by atoms with van der Waals surface area (Å²) < 4.78 is 65.3. The van der Waals surface area contributed by atoms with Crippen LogP contribution in [0.25, 0.3) is 0 Å². The third-order valence-electron chi connectivity index (χ3n) is 2.96. The van der Waals surface area contributed by atoms with E-state index in [4.69, 9.17) is 16.9 Å². The summed E-state index contributed by atoms with van der Waals surface area (Å²) in [5.41, 5.74) is 0.103. The molecule has 2 aromatic rings. The van der Waals surface area contributed by atoms with Crippen LogP contribution < -0.4 is 10.1 Å². The lowest BCUT2D eigenvalue weighted by Crippen LogP contribution is -2.17. The first-order chi connectivity index (χ1) is 12.1. The van der Waals surface area contributed by atoms with Gasteiger partial charge in [-0.2, -0.15) is 5.26 Å². The predicted molar refractivity (Wildman–Crippen MR) is 89.1 cm³/mol. The number of hydrogen-bond acceptors (Lipinski definition) is 5. The van der Waals surface area contributed by atoms with Crippen LogP contribution in [-0.4, -0.2) is 14.8 Å². The summed E-state index contributed by atoms with van der Waals surface area (Å²) in [6.45, 7) is 0. The van der Waals surface area contributed by atoms with Crippen LogP contribution in [0.5, 0.6) is 5.75 Å². The van der Waals surface area contributed by atoms with Gasteiger partial charge in [0.05, 0.1) is 4.90 Å². The third kappa shape index (κ3) is 5.15. The summed E-state index contributed by atoms with van der Waals surface area (Å²) in [6.07, 6.45) is -3.97. The second-order valence-corrected chi connectivity index (χ2v) is 7.15. The van der Waals surface area contributed by atoms with Gasteiger partial charge in [0.25, 0.3) is 0 Å². The van der Waals surface area contributed by atoms with E-state index in [-0.39, 0.29) is 10.6 Å². The molecule has 10 heteroatoms. The van der Waals surface area contributed by atoms with E-state index in [1.807, 2.05) is 0 Å². The summed E-state index contributed by atoms with van der Waals surface area (Å²) in [7, 11) is -4.11. The summed E-state index contributed by atoms with van der Waals surface area (Å²) in [5.74, 6) is -0.491. The summed E-state index contributed by atoms with van der Waals surface area (Å²) in [5, 5.41) is 11.9. The normalized spacial score (nSPS) is 12.3. The van der Waals surface area contributed by atoms with Crippen LogP contribution in [0.3, 0.4) is 0 Å². The number of benzene rings is 2. The predicted octanol–water partition coefficient (Wildman–Crippen LogP) is 4.49. The van der Waals surface area contributed by atoms with Crippen molar-refractivity contribution < 1.29 is 26.3 Å². The van der Waals surface area contributed by atoms with Crippen LogP contribution in [0.1, 0.15) is 0 Å². The fourth-order valence-corrected chi connectivity index (χ4v) is 3.05. The first-order valence-electron chi connectivity index (χ1n) is 6.85. The largest absolute Gasteiger partial charge is 0.573 e. The zero-order chi connectivity index (χ0) is 19.4. The maximum Gasteiger partial charge on any atom is 0.573 e. The molecule has 2 aromatic carbocycles. The monoisotopic (exact) mass is 402 g/mol. The van der Waals surface area contributed by atoms with Crippen LogP contribution in [0.4, 0.5) is 18.9 Å². The number of halogens is 4. The molecule has 0 radical (unpaired) electrons. The van der Waals surface area contributed by atoms with Gasteiger partial charge in [0.2, 0.25) is 9.84 Å². The molecular weight excluding hydrogens is 393 g/mol. The van der Waals surface area contributed by atoms with Crippen LogP contribution in [0, 0.1) is 11.3 Å². The molecule has 0 heterocycles. The van der Waals surface area contributed by atoms with Crippen LogP contribution in [-0.2, 0) is 9.84 Å². The van der Waals surface area contributed by atoms with Gasteiger partial charge >= 0.3 is 6.36 Å². The molecule has 0 fully saturated rings. The first kappa shape index (κ1) is 19.6. The van der Waals surface area contributed by atoms with Crippen LogP contribution >= 0.6 is 11.6 Å². The van der Waals surface area contributed by atoms with Gasteiger partial charge in [-0.25, -0.2) is 8.42 Å². The van der Waals surface area contributed by atoms with Crippen molar-refractivity contribution in [2.45, 2.75) is 11.3 Å². The number of ether oxygens (including phenoxy) is 1. The molecule has 26 heavy (non-hydrogen) atoms. The maximum absolute atomic E-state index is 12.4. The number of nitrogens with one attached hydrogen (secondary N) is 1. The van der Waals surface area contributed by atoms with E-state index in [1.165, 1.54) is 36.4 Å². The van der Waals surface area contributed by atoms with E-state index in [1.54, 1.807) is 6.07 Å². The summed E-state index contributed by atoms with van der Waals surface area (Å²) in [6, 6.07) is 11.5. The van der Waals surface area contributed by atoms with Crippen molar-refractivity contribution in [2.75, 3.05) is 5.32 Å². The summed E-state index contributed by atoms with van der Waals surface area (Å²) >= 11 is 5.70. The minimum atomic E-state index is -4.86. The summed E-state index contributed by atoms with van der Waals surface area (Å²) in [4.78, 5) is -0.771. The lowest BCUT2D eigenvalue weighted by molar-refractivity contribution is -0.274. The zero-order valence-corrected chi connectivity index (χ0v) is 14.4. The van der Waals surface area contributed by atoms with E-state index in [0.29, 0.717) is 5.02 Å². The standard InChI is InChI=1S/C16H10ClF3N2O3S/c17-11-4-6-14(7-5-11)26(23,24)15(9-21)10-22-12-2-1-3-13(8-12)25-16(18,19)20/h1-8,10,22H/b15-10-. The molecule has 0 aromatic heterocycles. The Bertz CT molecular complexity index is 965. The first-order valence-corrected chi connectivity index (χ1v) is 8.71. The van der Waals surface area contributed by atoms with Gasteiger partial charge in [-0.15, -0.1) is 13.2 Å². The molecule has 136 valence electrons. The van der Waals surface area contributed by atoms with Crippen molar-refractivity contribution in [1.82, 2.24) is 0 Å². The highest BCUT2D eigenvalue weighted by Crippen LogP contribution is 2.26. The van der Waals surface area contributed by atoms with Crippen LogP contribution in [0.15, 0.2) is 64.5 Å². The van der Waals surface area contributed by atoms with Crippen LogP contribution in [0.2, 0.25) is 5.02 Å².